The van der Waals surface area contributed by atoms with Crippen LogP contribution in [0.25, 0.3) is 27.8 Å². The molecule has 0 radical (unpaired) electrons. The molecule has 0 aliphatic carbocycles. The number of amides is 1. The van der Waals surface area contributed by atoms with Crippen LogP contribution in [0.5, 0.6) is 0 Å². The number of hydrogen-bond acceptors (Lipinski definition) is 6. The second-order valence-electron chi connectivity index (χ2n) is 8.08. The average molecular weight is 470 g/mol. The molecule has 8 nitrogen and oxygen atoms in total. The van der Waals surface area contributed by atoms with Crippen molar-refractivity contribution in [2.24, 2.45) is 7.05 Å². The van der Waals surface area contributed by atoms with E-state index in [-0.39, 0.29) is 11.8 Å². The summed E-state index contributed by atoms with van der Waals surface area (Å²) in [5.74, 6) is 1.26. The van der Waals surface area contributed by atoms with E-state index in [1.54, 1.807) is 23.3 Å². The quantitative estimate of drug-likeness (QED) is 0.371. The molecule has 0 fully saturated rings. The van der Waals surface area contributed by atoms with E-state index in [0.717, 1.165) is 27.7 Å². The highest BCUT2D eigenvalue weighted by Crippen LogP contribution is 2.38. The van der Waals surface area contributed by atoms with E-state index in [2.05, 4.69) is 20.4 Å². The Morgan fingerprint density at radius 3 is 2.50 bits per heavy atom. The van der Waals surface area contributed by atoms with E-state index in [4.69, 9.17) is 4.98 Å². The highest BCUT2D eigenvalue weighted by atomic mass is 32.1. The van der Waals surface area contributed by atoms with Crippen LogP contribution in [0.3, 0.4) is 0 Å². The molecule has 1 amide bonds. The predicted octanol–water partition coefficient (Wildman–Crippen LogP) is 5.17. The Bertz CT molecular complexity index is 1430. The van der Waals surface area contributed by atoms with Gasteiger partial charge < -0.3 is 4.57 Å². The Balaban J connectivity index is 1.52. The van der Waals surface area contributed by atoms with Crippen molar-refractivity contribution >= 4 is 22.4 Å². The summed E-state index contributed by atoms with van der Waals surface area (Å²) in [5.41, 5.74) is 3.03. The number of anilines is 1. The maximum absolute atomic E-state index is 13.4. The normalized spacial score (nSPS) is 11.2. The van der Waals surface area contributed by atoms with Crippen molar-refractivity contribution in [3.63, 3.8) is 0 Å². The van der Waals surface area contributed by atoms with Gasteiger partial charge in [0.2, 0.25) is 0 Å². The molecule has 0 saturated heterocycles. The Morgan fingerprint density at radius 1 is 1.03 bits per heavy atom. The first-order valence-electron chi connectivity index (χ1n) is 10.9. The van der Waals surface area contributed by atoms with Gasteiger partial charge in [-0.25, -0.2) is 19.6 Å². The van der Waals surface area contributed by atoms with Gasteiger partial charge in [-0.1, -0.05) is 61.6 Å². The largest absolute Gasteiger partial charge is 0.333 e. The summed E-state index contributed by atoms with van der Waals surface area (Å²) in [6.07, 6.45) is 6.94. The summed E-state index contributed by atoms with van der Waals surface area (Å²) in [4.78, 5) is 27.9. The topological polar surface area (TPSA) is 90.5 Å². The van der Waals surface area contributed by atoms with Gasteiger partial charge in [0.15, 0.2) is 16.8 Å². The molecule has 5 rings (SSSR count). The van der Waals surface area contributed by atoms with Gasteiger partial charge in [-0.05, 0) is 18.1 Å². The fraction of sp³-hybridized carbons (Fsp3) is 0.160. The Morgan fingerprint density at radius 2 is 1.82 bits per heavy atom. The van der Waals surface area contributed by atoms with Crippen LogP contribution < -0.4 is 5.32 Å². The summed E-state index contributed by atoms with van der Waals surface area (Å²) in [7, 11) is 1.94. The molecule has 0 aliphatic rings. The minimum absolute atomic E-state index is 0.0598. The number of thiazole rings is 1. The minimum atomic E-state index is -0.259. The molecule has 1 aromatic carbocycles. The number of nitrogens with one attached hydrogen (secondary N) is 1. The summed E-state index contributed by atoms with van der Waals surface area (Å²) in [5, 5.41) is 7.95. The maximum Gasteiger partial charge on any atom is 0.260 e. The molecule has 34 heavy (non-hydrogen) atoms. The van der Waals surface area contributed by atoms with Gasteiger partial charge in [-0.3, -0.25) is 10.1 Å². The third-order valence-electron chi connectivity index (χ3n) is 5.38. The van der Waals surface area contributed by atoms with Crippen LogP contribution in [-0.4, -0.2) is 35.2 Å². The summed E-state index contributed by atoms with van der Waals surface area (Å²) >= 11 is 1.40. The number of nitrogens with zero attached hydrogens (tertiary/aromatic N) is 6. The van der Waals surface area contributed by atoms with Gasteiger partial charge in [0.05, 0.1) is 28.0 Å². The van der Waals surface area contributed by atoms with E-state index >= 15 is 0 Å². The fourth-order valence-electron chi connectivity index (χ4n) is 3.82. The standard InChI is InChI=1S/C25H23N7OS/c1-16(2)21-18(15-28-32(21)19-11-7-8-12-26-19)24(33)30-25-29-20(17-9-5-4-6-10-17)22(34-25)23-27-13-14-31(23)3/h4-16H,1-3H3,(H,29,30,33). The lowest BCUT2D eigenvalue weighted by Gasteiger charge is -2.11. The number of carbonyl (C=O) groups excluding carboxylic acids is 1. The van der Waals surface area contributed by atoms with E-state index in [0.29, 0.717) is 16.5 Å². The van der Waals surface area contributed by atoms with Crippen LogP contribution in [0.15, 0.2) is 73.3 Å². The molecule has 4 aromatic heterocycles. The van der Waals surface area contributed by atoms with Gasteiger partial charge in [0.1, 0.15) is 0 Å². The molecule has 0 saturated carbocycles. The highest BCUT2D eigenvalue weighted by Gasteiger charge is 2.24. The summed E-state index contributed by atoms with van der Waals surface area (Å²) < 4.78 is 3.66. The van der Waals surface area contributed by atoms with Gasteiger partial charge >= 0.3 is 0 Å². The zero-order valence-electron chi connectivity index (χ0n) is 19.0. The van der Waals surface area contributed by atoms with Gasteiger partial charge in [0, 0.05) is 31.2 Å². The lowest BCUT2D eigenvalue weighted by molar-refractivity contribution is 0.102. The van der Waals surface area contributed by atoms with Crippen molar-refractivity contribution in [3.8, 4) is 27.8 Å². The first-order valence-corrected chi connectivity index (χ1v) is 11.7. The van der Waals surface area contributed by atoms with Crippen molar-refractivity contribution in [3.05, 3.63) is 84.6 Å². The van der Waals surface area contributed by atoms with E-state index in [9.17, 15) is 4.79 Å². The first-order chi connectivity index (χ1) is 16.5. The monoisotopic (exact) mass is 469 g/mol. The number of pyridine rings is 1. The lowest BCUT2D eigenvalue weighted by Crippen LogP contribution is -2.15. The van der Waals surface area contributed by atoms with Gasteiger partial charge in [-0.15, -0.1) is 0 Å². The molecular weight excluding hydrogens is 446 g/mol. The molecule has 9 heteroatoms. The first kappa shape index (κ1) is 21.7. The number of rotatable bonds is 6. The van der Waals surface area contributed by atoms with Crippen molar-refractivity contribution in [2.45, 2.75) is 19.8 Å². The van der Waals surface area contributed by atoms with Crippen LogP contribution in [-0.2, 0) is 7.05 Å². The Kier molecular flexibility index (Phi) is 5.77. The van der Waals surface area contributed by atoms with Crippen LogP contribution in [0.2, 0.25) is 0 Å². The number of hydrogen-bond donors (Lipinski definition) is 1. The molecule has 170 valence electrons. The molecular formula is C25H23N7OS. The predicted molar refractivity (Wildman–Crippen MR) is 133 cm³/mol. The van der Waals surface area contributed by atoms with Crippen LogP contribution >= 0.6 is 11.3 Å². The minimum Gasteiger partial charge on any atom is -0.333 e. The van der Waals surface area contributed by atoms with Crippen LogP contribution in [0, 0.1) is 0 Å². The molecule has 5 aromatic rings. The molecule has 4 heterocycles. The zero-order valence-corrected chi connectivity index (χ0v) is 19.8. The van der Waals surface area contributed by atoms with Crippen molar-refractivity contribution < 1.29 is 4.79 Å². The third-order valence-corrected chi connectivity index (χ3v) is 6.35. The number of benzene rings is 1. The number of carbonyl (C=O) groups is 1. The van der Waals surface area contributed by atoms with Gasteiger partial charge in [0.25, 0.3) is 5.91 Å². The van der Waals surface area contributed by atoms with E-state index in [1.165, 1.54) is 11.3 Å². The van der Waals surface area contributed by atoms with Crippen molar-refractivity contribution in [1.29, 1.82) is 0 Å². The average Bonchev–Trinajstić information content (AvgIpc) is 3.58. The fourth-order valence-corrected chi connectivity index (χ4v) is 4.84. The summed E-state index contributed by atoms with van der Waals surface area (Å²) in [6.45, 7) is 4.06. The second kappa shape index (κ2) is 9.03. The Labute approximate surface area is 201 Å². The number of imidazole rings is 1. The van der Waals surface area contributed by atoms with Crippen molar-refractivity contribution in [2.75, 3.05) is 5.32 Å². The molecule has 0 bridgehead atoms. The third kappa shape index (κ3) is 4.01. The molecule has 0 atom stereocenters. The molecule has 0 aliphatic heterocycles. The number of aryl methyl sites for hydroxylation is 1. The van der Waals surface area contributed by atoms with Crippen LogP contribution in [0.4, 0.5) is 5.13 Å². The molecule has 1 N–H and O–H groups in total. The molecule has 0 unspecified atom stereocenters. The van der Waals surface area contributed by atoms with Crippen LogP contribution in [0.1, 0.15) is 35.8 Å². The lowest BCUT2D eigenvalue weighted by atomic mass is 10.1. The van der Waals surface area contributed by atoms with Gasteiger partial charge in [-0.2, -0.15) is 5.10 Å². The second-order valence-corrected chi connectivity index (χ2v) is 9.08. The zero-order chi connectivity index (χ0) is 23.7. The Hall–Kier alpha value is -4.11. The maximum atomic E-state index is 13.4. The van der Waals surface area contributed by atoms with Crippen molar-refractivity contribution in [1.82, 2.24) is 29.3 Å². The summed E-state index contributed by atoms with van der Waals surface area (Å²) in [6, 6.07) is 15.5. The van der Waals surface area contributed by atoms with E-state index in [1.807, 2.05) is 80.2 Å². The number of aromatic nitrogens is 6. The SMILES string of the molecule is CC(C)c1c(C(=O)Nc2nc(-c3ccccc3)c(-c3nccn3C)s2)cnn1-c1ccccn1. The van der Waals surface area contributed by atoms with E-state index < -0.39 is 0 Å². The smallest absolute Gasteiger partial charge is 0.260 e. The highest BCUT2D eigenvalue weighted by molar-refractivity contribution is 7.19. The molecule has 0 spiro atoms.